The Morgan fingerprint density at radius 2 is 1.95 bits per heavy atom. The smallest absolute Gasteiger partial charge is 0.265 e. The summed E-state index contributed by atoms with van der Waals surface area (Å²) in [6, 6.07) is 9.81. The highest BCUT2D eigenvalue weighted by Gasteiger charge is 2.14. The number of aliphatic imine (C=N–C) groups is 1. The standard InChI is InChI=1S/C13H8N6O/c20-12-10-11(15-7-14-10)17-13-16-9(18-19(12)13)6-8-4-2-1-3-5-8/h1-5,7H,6H2. The van der Waals surface area contributed by atoms with Crippen LogP contribution in [0.1, 0.15) is 11.4 Å². The summed E-state index contributed by atoms with van der Waals surface area (Å²) in [5, 5.41) is 4.42. The van der Waals surface area contributed by atoms with E-state index in [0.717, 1.165) is 5.56 Å². The van der Waals surface area contributed by atoms with Gasteiger partial charge in [0.15, 0.2) is 17.0 Å². The van der Waals surface area contributed by atoms with E-state index in [9.17, 15) is 4.79 Å². The van der Waals surface area contributed by atoms with Gasteiger partial charge in [0.05, 0.1) is 0 Å². The van der Waals surface area contributed by atoms with E-state index in [1.165, 1.54) is 10.9 Å². The van der Waals surface area contributed by atoms with Gasteiger partial charge in [0.2, 0.25) is 0 Å². The van der Waals surface area contributed by atoms with Crippen LogP contribution in [0.3, 0.4) is 0 Å². The van der Waals surface area contributed by atoms with Crippen LogP contribution in [0.2, 0.25) is 0 Å². The minimum Gasteiger partial charge on any atom is -0.265 e. The van der Waals surface area contributed by atoms with Gasteiger partial charge in [-0.05, 0) is 5.56 Å². The first-order valence-corrected chi connectivity index (χ1v) is 6.05. The van der Waals surface area contributed by atoms with E-state index in [2.05, 4.69) is 25.1 Å². The van der Waals surface area contributed by atoms with Crippen molar-refractivity contribution in [3.05, 3.63) is 57.4 Å². The fourth-order valence-electron chi connectivity index (χ4n) is 2.10. The maximum absolute atomic E-state index is 12.1. The van der Waals surface area contributed by atoms with E-state index in [-0.39, 0.29) is 16.7 Å². The van der Waals surface area contributed by atoms with Gasteiger partial charge >= 0.3 is 5.56 Å². The Balaban J connectivity index is 1.85. The lowest BCUT2D eigenvalue weighted by atomic mass is 10.1. The fraction of sp³-hybridized carbons (Fsp3) is 0.0769. The van der Waals surface area contributed by atoms with E-state index in [1.807, 2.05) is 30.3 Å². The van der Waals surface area contributed by atoms with Crippen LogP contribution in [-0.2, 0) is 6.42 Å². The van der Waals surface area contributed by atoms with Crippen LogP contribution in [0.4, 0.5) is 5.82 Å². The molecule has 3 aromatic rings. The number of hydrogen-bond donors (Lipinski definition) is 0. The lowest BCUT2D eigenvalue weighted by Crippen LogP contribution is -2.31. The van der Waals surface area contributed by atoms with E-state index >= 15 is 0 Å². The Bertz CT molecular complexity index is 944. The SMILES string of the molecule is O=c1c2c(nc3nc(Cc4ccccc4)nn13)N=CN=2. The molecule has 2 aromatic heterocycles. The van der Waals surface area contributed by atoms with Crippen molar-refractivity contribution in [1.29, 1.82) is 0 Å². The molecular weight excluding hydrogens is 256 g/mol. The van der Waals surface area contributed by atoms with Gasteiger partial charge in [-0.15, -0.1) is 5.10 Å². The molecule has 0 N–H and O–H groups in total. The lowest BCUT2D eigenvalue weighted by Gasteiger charge is -1.94. The van der Waals surface area contributed by atoms with Crippen LogP contribution >= 0.6 is 0 Å². The third-order valence-corrected chi connectivity index (χ3v) is 3.02. The molecule has 1 aliphatic heterocycles. The van der Waals surface area contributed by atoms with Crippen LogP contribution in [0.15, 0.2) is 45.1 Å². The molecule has 0 radical (unpaired) electrons. The highest BCUT2D eigenvalue weighted by molar-refractivity contribution is 5.65. The normalized spacial score (nSPS) is 12.6. The van der Waals surface area contributed by atoms with Crippen LogP contribution < -0.4 is 10.9 Å². The van der Waals surface area contributed by atoms with Crippen LogP contribution in [0.25, 0.3) is 5.78 Å². The zero-order chi connectivity index (χ0) is 13.5. The minimum absolute atomic E-state index is 0.216. The summed E-state index contributed by atoms with van der Waals surface area (Å²) in [4.78, 5) is 28.4. The van der Waals surface area contributed by atoms with Gasteiger partial charge in [0, 0.05) is 6.42 Å². The predicted octanol–water partition coefficient (Wildman–Crippen LogP) is 0.0872. The van der Waals surface area contributed by atoms with Gasteiger partial charge in [-0.3, -0.25) is 4.79 Å². The molecule has 0 saturated carbocycles. The second kappa shape index (κ2) is 4.02. The number of benzene rings is 1. The van der Waals surface area contributed by atoms with Crippen molar-refractivity contribution in [2.24, 2.45) is 9.98 Å². The van der Waals surface area contributed by atoms with E-state index in [4.69, 9.17) is 0 Å². The molecular formula is C13H8N6O. The third kappa shape index (κ3) is 1.60. The highest BCUT2D eigenvalue weighted by atomic mass is 16.1. The molecule has 96 valence electrons. The zero-order valence-corrected chi connectivity index (χ0v) is 10.3. The minimum atomic E-state index is -0.339. The lowest BCUT2D eigenvalue weighted by molar-refractivity contribution is 0.852. The largest absolute Gasteiger partial charge is 0.304 e. The molecule has 3 heterocycles. The first kappa shape index (κ1) is 10.9. The van der Waals surface area contributed by atoms with Crippen molar-refractivity contribution in [1.82, 2.24) is 19.6 Å². The second-order valence-electron chi connectivity index (χ2n) is 4.37. The van der Waals surface area contributed by atoms with Gasteiger partial charge < -0.3 is 0 Å². The van der Waals surface area contributed by atoms with Gasteiger partial charge in [-0.1, -0.05) is 30.3 Å². The van der Waals surface area contributed by atoms with Gasteiger partial charge in [-0.2, -0.15) is 14.5 Å². The molecule has 7 nitrogen and oxygen atoms in total. The summed E-state index contributed by atoms with van der Waals surface area (Å²) in [5.41, 5.74) is 0.736. The summed E-state index contributed by atoms with van der Waals surface area (Å²) in [6.07, 6.45) is 1.86. The van der Waals surface area contributed by atoms with Crippen LogP contribution in [-0.4, -0.2) is 25.9 Å². The quantitative estimate of drug-likeness (QED) is 0.656. The van der Waals surface area contributed by atoms with Crippen molar-refractivity contribution in [2.45, 2.75) is 6.42 Å². The maximum Gasteiger partial charge on any atom is 0.304 e. The average molecular weight is 264 g/mol. The summed E-state index contributed by atoms with van der Waals surface area (Å²) >= 11 is 0. The predicted molar refractivity (Wildman–Crippen MR) is 71.2 cm³/mol. The first-order valence-electron chi connectivity index (χ1n) is 6.05. The molecule has 4 rings (SSSR count). The monoisotopic (exact) mass is 264 g/mol. The Kier molecular flexibility index (Phi) is 2.19. The molecule has 0 fully saturated rings. The van der Waals surface area contributed by atoms with Crippen LogP contribution in [0.5, 0.6) is 0 Å². The van der Waals surface area contributed by atoms with Crippen molar-refractivity contribution >= 4 is 17.9 Å². The molecule has 1 aromatic carbocycles. The number of hydrogen-bond acceptors (Lipinski definition) is 6. The Hall–Kier alpha value is -2.96. The molecule has 0 spiro atoms. The molecule has 7 heteroatoms. The number of aromatic nitrogens is 4. The maximum atomic E-state index is 12.1. The molecule has 1 aliphatic rings. The topological polar surface area (TPSA) is 84.9 Å². The van der Waals surface area contributed by atoms with Crippen LogP contribution in [0, 0.1) is 0 Å². The molecule has 0 aliphatic carbocycles. The highest BCUT2D eigenvalue weighted by Crippen LogP contribution is 2.07. The van der Waals surface area contributed by atoms with Gasteiger partial charge in [-0.25, -0.2) is 9.98 Å². The van der Waals surface area contributed by atoms with Gasteiger partial charge in [0.25, 0.3) is 5.78 Å². The fourth-order valence-corrected chi connectivity index (χ4v) is 2.10. The molecule has 0 bridgehead atoms. The summed E-state index contributed by atoms with van der Waals surface area (Å²) in [5.74, 6) is 1.11. The van der Waals surface area contributed by atoms with Crippen molar-refractivity contribution in [3.8, 4) is 0 Å². The summed E-state index contributed by atoms with van der Waals surface area (Å²) in [6.45, 7) is 0. The van der Waals surface area contributed by atoms with E-state index < -0.39 is 0 Å². The average Bonchev–Trinajstić information content (AvgIpc) is 3.07. The van der Waals surface area contributed by atoms with Gasteiger partial charge in [0.1, 0.15) is 6.34 Å². The van der Waals surface area contributed by atoms with Crippen molar-refractivity contribution in [3.63, 3.8) is 0 Å². The molecule has 0 saturated heterocycles. The molecule has 0 amide bonds. The zero-order valence-electron chi connectivity index (χ0n) is 10.3. The number of fused-ring (bicyclic) bond motifs is 2. The van der Waals surface area contributed by atoms with E-state index in [0.29, 0.717) is 18.1 Å². The Morgan fingerprint density at radius 1 is 1.10 bits per heavy atom. The number of rotatable bonds is 2. The number of nitrogens with zero attached hydrogens (tertiary/aromatic N) is 6. The van der Waals surface area contributed by atoms with Crippen molar-refractivity contribution < 1.29 is 0 Å². The second-order valence-corrected chi connectivity index (χ2v) is 4.37. The Labute approximate surface area is 112 Å². The molecule has 0 unspecified atom stereocenters. The summed E-state index contributed by atoms with van der Waals surface area (Å²) < 4.78 is 1.18. The molecule has 20 heavy (non-hydrogen) atoms. The van der Waals surface area contributed by atoms with Crippen molar-refractivity contribution in [2.75, 3.05) is 0 Å². The summed E-state index contributed by atoms with van der Waals surface area (Å²) in [7, 11) is 0. The first-order chi connectivity index (χ1) is 9.81. The molecule has 0 atom stereocenters. The van der Waals surface area contributed by atoms with E-state index in [1.54, 1.807) is 0 Å². The Morgan fingerprint density at radius 3 is 2.80 bits per heavy atom. The third-order valence-electron chi connectivity index (χ3n) is 3.02.